The Labute approximate surface area is 157 Å². The average Bonchev–Trinajstić information content (AvgIpc) is 2.66. The second-order valence-corrected chi connectivity index (χ2v) is 6.67. The number of ether oxygens (including phenoxy) is 1. The second kappa shape index (κ2) is 7.61. The van der Waals surface area contributed by atoms with E-state index in [0.717, 1.165) is 11.1 Å². The Balaban J connectivity index is 1.90. The monoisotopic (exact) mass is 366 g/mol. The summed E-state index contributed by atoms with van der Waals surface area (Å²) in [6, 6.07) is 12.0. The van der Waals surface area contributed by atoms with E-state index in [1.54, 1.807) is 18.2 Å². The number of nitrogens with two attached hydrogens (primary N) is 1. The van der Waals surface area contributed by atoms with Crippen LogP contribution in [0.3, 0.4) is 0 Å². The molecule has 0 spiro atoms. The molecule has 3 rings (SSSR count). The Morgan fingerprint density at radius 3 is 2.48 bits per heavy atom. The van der Waals surface area contributed by atoms with Gasteiger partial charge in [0.1, 0.15) is 11.8 Å². The van der Waals surface area contributed by atoms with Crippen molar-refractivity contribution >= 4 is 17.6 Å². The molecule has 6 heteroatoms. The molecule has 2 aromatic rings. The molecule has 1 aliphatic heterocycles. The fourth-order valence-corrected chi connectivity index (χ4v) is 3.44. The molecule has 140 valence electrons. The van der Waals surface area contributed by atoms with Gasteiger partial charge >= 0.3 is 0 Å². The lowest BCUT2D eigenvalue weighted by Gasteiger charge is -2.35. The van der Waals surface area contributed by atoms with Crippen LogP contribution in [0, 0.1) is 0 Å². The van der Waals surface area contributed by atoms with E-state index in [1.165, 1.54) is 18.9 Å². The van der Waals surface area contributed by atoms with Gasteiger partial charge in [-0.1, -0.05) is 24.3 Å². The first-order valence-electron chi connectivity index (χ1n) is 8.74. The Morgan fingerprint density at radius 2 is 1.85 bits per heavy atom. The van der Waals surface area contributed by atoms with E-state index in [4.69, 9.17) is 10.5 Å². The first-order valence-corrected chi connectivity index (χ1v) is 8.74. The number of methoxy groups -OCH3 is 1. The van der Waals surface area contributed by atoms with Crippen molar-refractivity contribution in [2.24, 2.45) is 5.73 Å². The zero-order valence-corrected chi connectivity index (χ0v) is 15.4. The molecule has 0 saturated heterocycles. The van der Waals surface area contributed by atoms with Crippen LogP contribution in [0.15, 0.2) is 42.5 Å². The summed E-state index contributed by atoms with van der Waals surface area (Å²) >= 11 is 0. The third-order valence-electron chi connectivity index (χ3n) is 4.93. The zero-order valence-electron chi connectivity index (χ0n) is 15.4. The highest BCUT2D eigenvalue weighted by Crippen LogP contribution is 2.26. The molecule has 0 radical (unpaired) electrons. The quantitative estimate of drug-likeness (QED) is 0.818. The highest BCUT2D eigenvalue weighted by molar-refractivity contribution is 5.95. The van der Waals surface area contributed by atoms with E-state index in [-0.39, 0.29) is 18.1 Å². The van der Waals surface area contributed by atoms with Crippen LogP contribution in [-0.2, 0) is 29.0 Å². The minimum Gasteiger partial charge on any atom is -0.496 e. The molecule has 2 N–H and O–H groups in total. The van der Waals surface area contributed by atoms with Gasteiger partial charge in [0, 0.05) is 24.1 Å². The highest BCUT2D eigenvalue weighted by Gasteiger charge is 2.33. The molecule has 0 aliphatic carbocycles. The fourth-order valence-electron chi connectivity index (χ4n) is 3.44. The molecule has 2 amide bonds. The normalized spacial score (nSPS) is 15.8. The van der Waals surface area contributed by atoms with Crippen molar-refractivity contribution in [3.05, 3.63) is 64.7 Å². The summed E-state index contributed by atoms with van der Waals surface area (Å²) in [6.07, 6.45) is 0.429. The number of fused-ring (bicyclic) bond motifs is 1. The number of Topliss-reactive ketones (excluding diaryl/α,β-unsaturated/α-hetero) is 1. The molecular weight excluding hydrogens is 344 g/mol. The Hall–Kier alpha value is -3.15. The number of hydrogen-bond acceptors (Lipinski definition) is 4. The molecule has 6 nitrogen and oxygen atoms in total. The summed E-state index contributed by atoms with van der Waals surface area (Å²) in [7, 11) is 1.51. The third kappa shape index (κ3) is 3.84. The molecule has 1 atom stereocenters. The van der Waals surface area contributed by atoms with Gasteiger partial charge in [0.05, 0.1) is 13.5 Å². The number of carbonyl (C=O) groups is 3. The van der Waals surface area contributed by atoms with Crippen molar-refractivity contribution < 1.29 is 19.1 Å². The van der Waals surface area contributed by atoms with Gasteiger partial charge in [0.25, 0.3) is 0 Å². The van der Waals surface area contributed by atoms with Gasteiger partial charge in [-0.2, -0.15) is 0 Å². The highest BCUT2D eigenvalue weighted by atomic mass is 16.5. The van der Waals surface area contributed by atoms with Crippen LogP contribution in [0.25, 0.3) is 0 Å². The van der Waals surface area contributed by atoms with Crippen LogP contribution in [0.1, 0.15) is 34.0 Å². The minimum atomic E-state index is -0.686. The molecule has 0 aromatic heterocycles. The van der Waals surface area contributed by atoms with E-state index < -0.39 is 11.9 Å². The molecule has 1 aliphatic rings. The van der Waals surface area contributed by atoms with Crippen molar-refractivity contribution in [1.82, 2.24) is 4.90 Å². The molecule has 27 heavy (non-hydrogen) atoms. The molecule has 1 heterocycles. The van der Waals surface area contributed by atoms with Gasteiger partial charge in [0.2, 0.25) is 11.8 Å². The standard InChI is InChI=1S/C21H22N2O4/c1-13(24)14-7-8-19(27-2)17(9-14)11-20(25)23-12-16-6-4-3-5-15(16)10-18(23)21(22)26/h3-9,18H,10-12H2,1-2H3,(H2,22,26). The average molecular weight is 366 g/mol. The number of rotatable bonds is 5. The van der Waals surface area contributed by atoms with Crippen LogP contribution in [0.2, 0.25) is 0 Å². The summed E-state index contributed by atoms with van der Waals surface area (Å²) < 4.78 is 5.33. The van der Waals surface area contributed by atoms with Crippen molar-refractivity contribution in [3.63, 3.8) is 0 Å². The van der Waals surface area contributed by atoms with E-state index in [1.807, 2.05) is 24.3 Å². The Bertz CT molecular complexity index is 907. The van der Waals surface area contributed by atoms with Crippen LogP contribution >= 0.6 is 0 Å². The number of primary amides is 1. The van der Waals surface area contributed by atoms with Crippen molar-refractivity contribution in [3.8, 4) is 5.75 Å². The molecular formula is C21H22N2O4. The lowest BCUT2D eigenvalue weighted by molar-refractivity contribution is -0.140. The summed E-state index contributed by atoms with van der Waals surface area (Å²) in [5, 5.41) is 0. The van der Waals surface area contributed by atoms with Crippen molar-refractivity contribution in [1.29, 1.82) is 0 Å². The van der Waals surface area contributed by atoms with Crippen molar-refractivity contribution in [2.45, 2.75) is 32.4 Å². The zero-order chi connectivity index (χ0) is 19.6. The molecule has 0 bridgehead atoms. The van der Waals surface area contributed by atoms with E-state index in [2.05, 4.69) is 0 Å². The van der Waals surface area contributed by atoms with Gasteiger partial charge in [-0.3, -0.25) is 14.4 Å². The summed E-state index contributed by atoms with van der Waals surface area (Å²) in [4.78, 5) is 38.2. The van der Waals surface area contributed by atoms with Gasteiger partial charge in [0.15, 0.2) is 5.78 Å². The predicted molar refractivity (Wildman–Crippen MR) is 100 cm³/mol. The number of nitrogens with zero attached hydrogens (tertiary/aromatic N) is 1. The maximum absolute atomic E-state index is 13.0. The van der Waals surface area contributed by atoms with Crippen LogP contribution in [0.5, 0.6) is 5.75 Å². The van der Waals surface area contributed by atoms with E-state index in [0.29, 0.717) is 29.8 Å². The first-order chi connectivity index (χ1) is 12.9. The van der Waals surface area contributed by atoms with Crippen molar-refractivity contribution in [2.75, 3.05) is 7.11 Å². The van der Waals surface area contributed by atoms with Gasteiger partial charge in [-0.05, 0) is 36.2 Å². The minimum absolute atomic E-state index is 0.0240. The number of hydrogen-bond donors (Lipinski definition) is 1. The third-order valence-corrected chi connectivity index (χ3v) is 4.93. The lowest BCUT2D eigenvalue weighted by Crippen LogP contribution is -2.51. The predicted octanol–water partition coefficient (Wildman–Crippen LogP) is 1.88. The topological polar surface area (TPSA) is 89.7 Å². The largest absolute Gasteiger partial charge is 0.496 e. The number of carbonyl (C=O) groups excluding carboxylic acids is 3. The summed E-state index contributed by atoms with van der Waals surface area (Å²) in [5.41, 5.74) is 8.72. The first kappa shape index (κ1) is 18.6. The van der Waals surface area contributed by atoms with Crippen LogP contribution < -0.4 is 10.5 Å². The second-order valence-electron chi connectivity index (χ2n) is 6.67. The molecule has 2 aromatic carbocycles. The lowest BCUT2D eigenvalue weighted by atomic mass is 9.93. The fraction of sp³-hybridized carbons (Fsp3) is 0.286. The number of ketones is 1. The van der Waals surface area contributed by atoms with Gasteiger partial charge in [-0.25, -0.2) is 0 Å². The maximum atomic E-state index is 13.0. The smallest absolute Gasteiger partial charge is 0.240 e. The van der Waals surface area contributed by atoms with Crippen LogP contribution in [-0.4, -0.2) is 35.6 Å². The molecule has 1 unspecified atom stereocenters. The number of benzene rings is 2. The van der Waals surface area contributed by atoms with E-state index >= 15 is 0 Å². The molecule has 0 saturated carbocycles. The Morgan fingerprint density at radius 1 is 1.15 bits per heavy atom. The van der Waals surface area contributed by atoms with Gasteiger partial charge < -0.3 is 15.4 Å². The Kier molecular flexibility index (Phi) is 5.26. The summed E-state index contributed by atoms with van der Waals surface area (Å²) in [6.45, 7) is 1.80. The van der Waals surface area contributed by atoms with Crippen LogP contribution in [0.4, 0.5) is 0 Å². The number of amides is 2. The van der Waals surface area contributed by atoms with Gasteiger partial charge in [-0.15, -0.1) is 0 Å². The molecule has 0 fully saturated rings. The summed E-state index contributed by atoms with van der Waals surface area (Å²) in [5.74, 6) is -0.316. The SMILES string of the molecule is COc1ccc(C(C)=O)cc1CC(=O)N1Cc2ccccc2CC1C(N)=O. The maximum Gasteiger partial charge on any atom is 0.240 e. The van der Waals surface area contributed by atoms with E-state index in [9.17, 15) is 14.4 Å².